The van der Waals surface area contributed by atoms with Crippen molar-refractivity contribution in [2.75, 3.05) is 0 Å². The van der Waals surface area contributed by atoms with Gasteiger partial charge in [0.2, 0.25) is 0 Å². The Labute approximate surface area is 107 Å². The van der Waals surface area contributed by atoms with Crippen LogP contribution in [-0.4, -0.2) is 31.9 Å². The Kier molecular flexibility index (Phi) is 3.44. The van der Waals surface area contributed by atoms with Gasteiger partial charge in [-0.3, -0.25) is 15.2 Å². The van der Waals surface area contributed by atoms with Crippen LogP contribution in [0.5, 0.6) is 0 Å². The van der Waals surface area contributed by atoms with Crippen LogP contribution in [0, 0.1) is 0 Å². The van der Waals surface area contributed by atoms with Crippen LogP contribution in [0.2, 0.25) is 0 Å². The van der Waals surface area contributed by atoms with Crippen LogP contribution in [0.25, 0.3) is 11.3 Å². The lowest BCUT2D eigenvalue weighted by Crippen LogP contribution is -2.30. The topological polar surface area (TPSA) is 131 Å². The Bertz CT molecular complexity index is 626. The summed E-state index contributed by atoms with van der Waals surface area (Å²) in [5.41, 5.74) is 2.87. The molecule has 0 saturated carbocycles. The van der Waals surface area contributed by atoms with Crippen molar-refractivity contribution in [3.8, 4) is 11.3 Å². The van der Waals surface area contributed by atoms with Crippen molar-refractivity contribution in [2.24, 2.45) is 5.84 Å². The van der Waals surface area contributed by atoms with Crippen LogP contribution in [0.15, 0.2) is 30.7 Å². The van der Waals surface area contributed by atoms with Gasteiger partial charge >= 0.3 is 5.97 Å². The highest BCUT2D eigenvalue weighted by Gasteiger charge is 2.09. The van der Waals surface area contributed by atoms with Crippen molar-refractivity contribution in [3.63, 3.8) is 0 Å². The van der Waals surface area contributed by atoms with Crippen molar-refractivity contribution in [1.29, 1.82) is 0 Å². The number of aromatic nitrogens is 3. The van der Waals surface area contributed by atoms with Crippen LogP contribution in [0.1, 0.15) is 21.0 Å². The third-order valence-corrected chi connectivity index (χ3v) is 2.28. The highest BCUT2D eigenvalue weighted by molar-refractivity contribution is 5.92. The highest BCUT2D eigenvalue weighted by Crippen LogP contribution is 2.15. The summed E-state index contributed by atoms with van der Waals surface area (Å²) in [4.78, 5) is 33.6. The van der Waals surface area contributed by atoms with E-state index in [4.69, 9.17) is 10.9 Å². The maximum absolute atomic E-state index is 11.3. The number of nitrogens with two attached hydrogens (primary N) is 1. The number of pyridine rings is 1. The molecule has 0 radical (unpaired) electrons. The van der Waals surface area contributed by atoms with E-state index >= 15 is 0 Å². The molecule has 2 rings (SSSR count). The molecule has 0 aliphatic carbocycles. The molecule has 0 bridgehead atoms. The zero-order chi connectivity index (χ0) is 13.8. The first-order valence-electron chi connectivity index (χ1n) is 5.14. The van der Waals surface area contributed by atoms with Gasteiger partial charge in [-0.2, -0.15) is 0 Å². The third-order valence-electron chi connectivity index (χ3n) is 2.28. The number of carbonyl (C=O) groups is 2. The molecule has 8 heteroatoms. The zero-order valence-corrected chi connectivity index (χ0v) is 9.57. The van der Waals surface area contributed by atoms with E-state index in [2.05, 4.69) is 15.0 Å². The fourth-order valence-corrected chi connectivity index (χ4v) is 1.36. The average Bonchev–Trinajstić information content (AvgIpc) is 2.46. The monoisotopic (exact) mass is 259 g/mol. The molecule has 0 aromatic carbocycles. The SMILES string of the molecule is NNC(=O)c1cncc(-c2ccc(C(=O)O)nc2)n1. The summed E-state index contributed by atoms with van der Waals surface area (Å²) in [6, 6.07) is 2.87. The number of amides is 1. The van der Waals surface area contributed by atoms with Gasteiger partial charge < -0.3 is 5.11 Å². The van der Waals surface area contributed by atoms with Crippen LogP contribution in [0.3, 0.4) is 0 Å². The maximum atomic E-state index is 11.3. The minimum atomic E-state index is -1.12. The van der Waals surface area contributed by atoms with Crippen molar-refractivity contribution >= 4 is 11.9 Å². The van der Waals surface area contributed by atoms with E-state index < -0.39 is 11.9 Å². The van der Waals surface area contributed by atoms with Gasteiger partial charge in [0.05, 0.1) is 18.1 Å². The standard InChI is InChI=1S/C11H9N5O3/c12-16-10(17)9-5-13-4-8(15-9)6-1-2-7(11(18)19)14-3-6/h1-5H,12H2,(H,16,17)(H,18,19). The van der Waals surface area contributed by atoms with Gasteiger partial charge in [0.25, 0.3) is 5.91 Å². The van der Waals surface area contributed by atoms with E-state index in [1.54, 1.807) is 0 Å². The second-order valence-electron chi connectivity index (χ2n) is 3.50. The lowest BCUT2D eigenvalue weighted by molar-refractivity contribution is 0.0690. The number of hydrazine groups is 1. The van der Waals surface area contributed by atoms with Gasteiger partial charge in [0, 0.05) is 11.8 Å². The molecule has 0 aliphatic heterocycles. The summed E-state index contributed by atoms with van der Waals surface area (Å²) in [5, 5.41) is 8.74. The van der Waals surface area contributed by atoms with Gasteiger partial charge in [-0.25, -0.2) is 20.6 Å². The molecule has 0 fully saturated rings. The van der Waals surface area contributed by atoms with Crippen molar-refractivity contribution in [1.82, 2.24) is 20.4 Å². The lowest BCUT2D eigenvalue weighted by Gasteiger charge is -2.03. The summed E-state index contributed by atoms with van der Waals surface area (Å²) >= 11 is 0. The summed E-state index contributed by atoms with van der Waals surface area (Å²) < 4.78 is 0. The quantitative estimate of drug-likeness (QED) is 0.396. The van der Waals surface area contributed by atoms with Crippen molar-refractivity contribution in [3.05, 3.63) is 42.1 Å². The van der Waals surface area contributed by atoms with Gasteiger partial charge in [-0.05, 0) is 12.1 Å². The number of nitrogen functional groups attached to an aromatic ring is 1. The average molecular weight is 259 g/mol. The number of rotatable bonds is 3. The fraction of sp³-hybridized carbons (Fsp3) is 0. The van der Waals surface area contributed by atoms with Crippen LogP contribution in [0.4, 0.5) is 0 Å². The number of aromatic carboxylic acids is 1. The van der Waals surface area contributed by atoms with E-state index in [-0.39, 0.29) is 11.4 Å². The fourth-order valence-electron chi connectivity index (χ4n) is 1.36. The second-order valence-corrected chi connectivity index (χ2v) is 3.50. The first-order valence-corrected chi connectivity index (χ1v) is 5.14. The summed E-state index contributed by atoms with van der Waals surface area (Å²) in [6.45, 7) is 0. The molecule has 0 unspecified atom stereocenters. The molecule has 2 heterocycles. The van der Waals surface area contributed by atoms with Crippen molar-refractivity contribution < 1.29 is 14.7 Å². The van der Waals surface area contributed by atoms with E-state index in [9.17, 15) is 9.59 Å². The number of nitrogens with zero attached hydrogens (tertiary/aromatic N) is 3. The van der Waals surface area contributed by atoms with Crippen LogP contribution < -0.4 is 11.3 Å². The molecule has 2 aromatic heterocycles. The van der Waals surface area contributed by atoms with Gasteiger partial charge in [-0.15, -0.1) is 0 Å². The molecule has 0 spiro atoms. The third kappa shape index (κ3) is 2.69. The number of carboxylic acid groups (broad SMARTS) is 1. The Hall–Kier alpha value is -2.87. The molecule has 0 aliphatic rings. The first kappa shape index (κ1) is 12.6. The molecule has 4 N–H and O–H groups in total. The molecule has 8 nitrogen and oxygen atoms in total. The largest absolute Gasteiger partial charge is 0.477 e. The minimum Gasteiger partial charge on any atom is -0.477 e. The summed E-state index contributed by atoms with van der Waals surface area (Å²) in [7, 11) is 0. The molecule has 1 amide bonds. The number of nitrogens with one attached hydrogen (secondary N) is 1. The summed E-state index contributed by atoms with van der Waals surface area (Å²) in [6.07, 6.45) is 4.05. The van der Waals surface area contributed by atoms with Gasteiger partial charge in [0.15, 0.2) is 0 Å². The number of hydrogen-bond donors (Lipinski definition) is 3. The lowest BCUT2D eigenvalue weighted by atomic mass is 10.2. The number of hydrogen-bond acceptors (Lipinski definition) is 6. The van der Waals surface area contributed by atoms with E-state index in [0.717, 1.165) is 0 Å². The Morgan fingerprint density at radius 2 is 1.95 bits per heavy atom. The van der Waals surface area contributed by atoms with E-state index in [1.165, 1.54) is 30.7 Å². The Morgan fingerprint density at radius 1 is 1.16 bits per heavy atom. The Morgan fingerprint density at radius 3 is 2.53 bits per heavy atom. The zero-order valence-electron chi connectivity index (χ0n) is 9.57. The molecule has 0 atom stereocenters. The molecule has 19 heavy (non-hydrogen) atoms. The van der Waals surface area contributed by atoms with Crippen LogP contribution >= 0.6 is 0 Å². The van der Waals surface area contributed by atoms with Crippen molar-refractivity contribution in [2.45, 2.75) is 0 Å². The smallest absolute Gasteiger partial charge is 0.354 e. The summed E-state index contributed by atoms with van der Waals surface area (Å²) in [5.74, 6) is 3.32. The molecular weight excluding hydrogens is 250 g/mol. The first-order chi connectivity index (χ1) is 9.11. The number of carbonyl (C=O) groups excluding carboxylic acids is 1. The minimum absolute atomic E-state index is 0.0577. The van der Waals surface area contributed by atoms with Crippen LogP contribution in [-0.2, 0) is 0 Å². The molecular formula is C11H9N5O3. The predicted molar refractivity (Wildman–Crippen MR) is 63.9 cm³/mol. The molecule has 2 aromatic rings. The predicted octanol–water partition coefficient (Wildman–Crippen LogP) is -0.160. The Balaban J connectivity index is 2.36. The normalized spacial score (nSPS) is 9.95. The highest BCUT2D eigenvalue weighted by atomic mass is 16.4. The second kappa shape index (κ2) is 5.19. The van der Waals surface area contributed by atoms with E-state index in [1.807, 2.05) is 5.43 Å². The number of carboxylic acids is 1. The molecule has 96 valence electrons. The maximum Gasteiger partial charge on any atom is 0.354 e. The van der Waals surface area contributed by atoms with E-state index in [0.29, 0.717) is 11.3 Å². The molecule has 0 saturated heterocycles. The van der Waals surface area contributed by atoms with Gasteiger partial charge in [0.1, 0.15) is 11.4 Å². The van der Waals surface area contributed by atoms with Gasteiger partial charge in [-0.1, -0.05) is 0 Å².